The van der Waals surface area contributed by atoms with Crippen LogP contribution in [0.1, 0.15) is 26.7 Å². The van der Waals surface area contributed by atoms with Gasteiger partial charge in [0.1, 0.15) is 5.82 Å². The Hall–Kier alpha value is -1.62. The Morgan fingerprint density at radius 1 is 1.42 bits per heavy atom. The van der Waals surface area contributed by atoms with Crippen LogP contribution in [0, 0.1) is 5.92 Å². The van der Waals surface area contributed by atoms with Crippen LogP contribution in [0.3, 0.4) is 0 Å². The zero-order chi connectivity index (χ0) is 14.1. The number of nitrogens with zero attached hydrogens (tertiary/aromatic N) is 1. The summed E-state index contributed by atoms with van der Waals surface area (Å²) in [7, 11) is 0. The molecule has 0 aliphatic carbocycles. The minimum Gasteiger partial charge on any atom is -0.370 e. The fourth-order valence-corrected chi connectivity index (χ4v) is 1.61. The second-order valence-corrected chi connectivity index (χ2v) is 4.70. The number of pyridine rings is 1. The van der Waals surface area contributed by atoms with Gasteiger partial charge in [0.25, 0.3) is 0 Å². The Kier molecular flexibility index (Phi) is 6.89. The average Bonchev–Trinajstić information content (AvgIpc) is 2.46. The van der Waals surface area contributed by atoms with Crippen LogP contribution < -0.4 is 16.4 Å². The molecular formula is C14H24N4O. The molecule has 2 unspecified atom stereocenters. The standard InChI is InChI=1S/C14H24N4O/c1-3-11(2)13(15)14(19)18-10-6-9-17-12-7-4-5-8-16-12/h4-5,7-8,11,13H,3,6,9-10,15H2,1-2H3,(H,16,17)(H,18,19). The van der Waals surface area contributed by atoms with Gasteiger partial charge in [0.05, 0.1) is 6.04 Å². The van der Waals surface area contributed by atoms with Crippen molar-refractivity contribution in [2.24, 2.45) is 11.7 Å². The molecule has 1 amide bonds. The first-order valence-corrected chi connectivity index (χ1v) is 6.83. The molecule has 4 N–H and O–H groups in total. The maximum Gasteiger partial charge on any atom is 0.237 e. The van der Waals surface area contributed by atoms with Crippen molar-refractivity contribution in [2.75, 3.05) is 18.4 Å². The van der Waals surface area contributed by atoms with E-state index >= 15 is 0 Å². The second-order valence-electron chi connectivity index (χ2n) is 4.70. The molecule has 0 aromatic carbocycles. The molecule has 1 rings (SSSR count). The van der Waals surface area contributed by atoms with Gasteiger partial charge >= 0.3 is 0 Å². The summed E-state index contributed by atoms with van der Waals surface area (Å²) >= 11 is 0. The lowest BCUT2D eigenvalue weighted by molar-refractivity contribution is -0.123. The van der Waals surface area contributed by atoms with Crippen molar-refractivity contribution in [1.82, 2.24) is 10.3 Å². The maximum absolute atomic E-state index is 11.7. The summed E-state index contributed by atoms with van der Waals surface area (Å²) in [6, 6.07) is 5.32. The predicted molar refractivity (Wildman–Crippen MR) is 77.8 cm³/mol. The smallest absolute Gasteiger partial charge is 0.237 e. The van der Waals surface area contributed by atoms with Gasteiger partial charge in [-0.25, -0.2) is 4.98 Å². The fraction of sp³-hybridized carbons (Fsp3) is 0.571. The number of rotatable bonds is 8. The molecule has 0 aliphatic rings. The van der Waals surface area contributed by atoms with E-state index in [1.807, 2.05) is 32.0 Å². The Labute approximate surface area is 115 Å². The van der Waals surface area contributed by atoms with E-state index in [0.717, 1.165) is 25.2 Å². The van der Waals surface area contributed by atoms with E-state index < -0.39 is 6.04 Å². The number of nitrogens with one attached hydrogen (secondary N) is 2. The molecule has 106 valence electrons. The number of carbonyl (C=O) groups is 1. The molecule has 0 radical (unpaired) electrons. The van der Waals surface area contributed by atoms with Gasteiger partial charge in [0.15, 0.2) is 0 Å². The van der Waals surface area contributed by atoms with Crippen LogP contribution in [-0.2, 0) is 4.79 Å². The number of carbonyl (C=O) groups excluding carboxylic acids is 1. The maximum atomic E-state index is 11.7. The molecule has 1 aromatic rings. The van der Waals surface area contributed by atoms with Crippen molar-refractivity contribution >= 4 is 11.7 Å². The van der Waals surface area contributed by atoms with Gasteiger partial charge in [0.2, 0.25) is 5.91 Å². The lowest BCUT2D eigenvalue weighted by Crippen LogP contribution is -2.45. The average molecular weight is 264 g/mol. The number of anilines is 1. The number of hydrogen-bond acceptors (Lipinski definition) is 4. The van der Waals surface area contributed by atoms with E-state index in [2.05, 4.69) is 15.6 Å². The summed E-state index contributed by atoms with van der Waals surface area (Å²) in [6.07, 6.45) is 3.50. The molecule has 0 bridgehead atoms. The third-order valence-electron chi connectivity index (χ3n) is 3.18. The van der Waals surface area contributed by atoms with E-state index in [1.165, 1.54) is 0 Å². The van der Waals surface area contributed by atoms with Gasteiger partial charge in [-0.1, -0.05) is 26.3 Å². The SMILES string of the molecule is CCC(C)C(N)C(=O)NCCCNc1ccccn1. The second kappa shape index (κ2) is 8.48. The Bertz CT molecular complexity index is 369. The summed E-state index contributed by atoms with van der Waals surface area (Å²) in [6.45, 7) is 5.43. The highest BCUT2D eigenvalue weighted by molar-refractivity contribution is 5.81. The summed E-state index contributed by atoms with van der Waals surface area (Å²) in [5, 5.41) is 6.05. The number of aromatic nitrogens is 1. The minimum absolute atomic E-state index is 0.0628. The van der Waals surface area contributed by atoms with Crippen molar-refractivity contribution in [2.45, 2.75) is 32.7 Å². The van der Waals surface area contributed by atoms with Crippen LogP contribution >= 0.6 is 0 Å². The number of hydrogen-bond donors (Lipinski definition) is 3. The molecule has 0 spiro atoms. The highest BCUT2D eigenvalue weighted by atomic mass is 16.2. The van der Waals surface area contributed by atoms with Gasteiger partial charge in [-0.2, -0.15) is 0 Å². The van der Waals surface area contributed by atoms with Gasteiger partial charge in [-0.05, 0) is 24.5 Å². The molecule has 5 nitrogen and oxygen atoms in total. The fourth-order valence-electron chi connectivity index (χ4n) is 1.61. The molecule has 1 heterocycles. The molecule has 5 heteroatoms. The molecule has 0 aliphatic heterocycles. The molecule has 0 fully saturated rings. The minimum atomic E-state index is -0.409. The van der Waals surface area contributed by atoms with E-state index in [4.69, 9.17) is 5.73 Å². The van der Waals surface area contributed by atoms with Crippen LogP contribution in [-0.4, -0.2) is 30.0 Å². The van der Waals surface area contributed by atoms with E-state index in [9.17, 15) is 4.79 Å². The molecule has 19 heavy (non-hydrogen) atoms. The van der Waals surface area contributed by atoms with Gasteiger partial charge < -0.3 is 16.4 Å². The van der Waals surface area contributed by atoms with Crippen LogP contribution in [0.4, 0.5) is 5.82 Å². The van der Waals surface area contributed by atoms with Gasteiger partial charge in [-0.3, -0.25) is 4.79 Å². The molecule has 0 saturated heterocycles. The molecule has 1 aromatic heterocycles. The monoisotopic (exact) mass is 264 g/mol. The summed E-state index contributed by atoms with van der Waals surface area (Å²) < 4.78 is 0. The number of amides is 1. The largest absolute Gasteiger partial charge is 0.370 e. The highest BCUT2D eigenvalue weighted by Crippen LogP contribution is 2.05. The van der Waals surface area contributed by atoms with Crippen LogP contribution in [0.15, 0.2) is 24.4 Å². The predicted octanol–water partition coefficient (Wildman–Crippen LogP) is 1.37. The Balaban J connectivity index is 2.12. The van der Waals surface area contributed by atoms with Crippen LogP contribution in [0.25, 0.3) is 0 Å². The first-order valence-electron chi connectivity index (χ1n) is 6.83. The van der Waals surface area contributed by atoms with Gasteiger partial charge in [0, 0.05) is 19.3 Å². The quantitative estimate of drug-likeness (QED) is 0.620. The molecule has 0 saturated carbocycles. The zero-order valence-corrected chi connectivity index (χ0v) is 11.7. The lowest BCUT2D eigenvalue weighted by Gasteiger charge is -2.17. The first kappa shape index (κ1) is 15.4. The summed E-state index contributed by atoms with van der Waals surface area (Å²) in [5.74, 6) is 1.00. The van der Waals surface area contributed by atoms with Gasteiger partial charge in [-0.15, -0.1) is 0 Å². The lowest BCUT2D eigenvalue weighted by atomic mass is 9.99. The normalized spacial score (nSPS) is 13.6. The Morgan fingerprint density at radius 3 is 2.84 bits per heavy atom. The van der Waals surface area contributed by atoms with Crippen molar-refractivity contribution < 1.29 is 4.79 Å². The molecule has 2 atom stereocenters. The Morgan fingerprint density at radius 2 is 2.21 bits per heavy atom. The highest BCUT2D eigenvalue weighted by Gasteiger charge is 2.18. The van der Waals surface area contributed by atoms with Crippen molar-refractivity contribution in [1.29, 1.82) is 0 Å². The van der Waals surface area contributed by atoms with E-state index in [0.29, 0.717) is 6.54 Å². The van der Waals surface area contributed by atoms with Crippen molar-refractivity contribution in [3.8, 4) is 0 Å². The number of nitrogens with two attached hydrogens (primary N) is 1. The third kappa shape index (κ3) is 5.70. The summed E-state index contributed by atoms with van der Waals surface area (Å²) in [5.41, 5.74) is 5.84. The summed E-state index contributed by atoms with van der Waals surface area (Å²) in [4.78, 5) is 15.9. The molecular weight excluding hydrogens is 240 g/mol. The topological polar surface area (TPSA) is 80.0 Å². The first-order chi connectivity index (χ1) is 9.15. The van der Waals surface area contributed by atoms with Crippen molar-refractivity contribution in [3.63, 3.8) is 0 Å². The van der Waals surface area contributed by atoms with Crippen LogP contribution in [0.5, 0.6) is 0 Å². The zero-order valence-electron chi connectivity index (χ0n) is 11.7. The van der Waals surface area contributed by atoms with Crippen LogP contribution in [0.2, 0.25) is 0 Å². The third-order valence-corrected chi connectivity index (χ3v) is 3.18. The van der Waals surface area contributed by atoms with Crippen molar-refractivity contribution in [3.05, 3.63) is 24.4 Å². The van der Waals surface area contributed by atoms with E-state index in [1.54, 1.807) is 6.20 Å². The van der Waals surface area contributed by atoms with E-state index in [-0.39, 0.29) is 11.8 Å².